The molecule has 1 aromatic carbocycles. The van der Waals surface area contributed by atoms with E-state index in [-0.39, 0.29) is 18.4 Å². The van der Waals surface area contributed by atoms with Crippen molar-refractivity contribution in [3.8, 4) is 0 Å². The molecule has 0 aliphatic carbocycles. The van der Waals surface area contributed by atoms with E-state index in [0.29, 0.717) is 18.5 Å². The number of nitrogens with two attached hydrogens (primary N) is 1. The lowest BCUT2D eigenvalue weighted by atomic mass is 9.98. The second-order valence-corrected chi connectivity index (χ2v) is 4.62. The number of nitrogens with zero attached hydrogens (tertiary/aromatic N) is 1. The molecule has 1 atom stereocenters. The van der Waals surface area contributed by atoms with Crippen LogP contribution in [0.5, 0.6) is 0 Å². The van der Waals surface area contributed by atoms with Crippen LogP contribution < -0.4 is 5.73 Å². The van der Waals surface area contributed by atoms with E-state index in [9.17, 15) is 9.59 Å². The summed E-state index contributed by atoms with van der Waals surface area (Å²) in [6, 6.07) is 5.21. The van der Waals surface area contributed by atoms with Crippen molar-refractivity contribution in [3.05, 3.63) is 34.9 Å². The lowest BCUT2D eigenvalue weighted by molar-refractivity contribution is -0.137. The first-order valence-electron chi connectivity index (χ1n) is 5.84. The van der Waals surface area contributed by atoms with Crippen LogP contribution in [0.2, 0.25) is 0 Å². The predicted octanol–water partition coefficient (Wildman–Crippen LogP) is 1.14. The van der Waals surface area contributed by atoms with Crippen LogP contribution in [0.1, 0.15) is 40.4 Å². The van der Waals surface area contributed by atoms with Gasteiger partial charge in [-0.25, -0.2) is 0 Å². The molecule has 2 rings (SSSR count). The van der Waals surface area contributed by atoms with Crippen LogP contribution in [0.4, 0.5) is 0 Å². The van der Waals surface area contributed by atoms with Gasteiger partial charge in [-0.2, -0.15) is 0 Å². The SMILES string of the molecule is CN1Cc2ccc(C(N)CCC(=O)O)cc2C1=O. The number of carboxylic acid groups (broad SMARTS) is 1. The molecule has 0 bridgehead atoms. The zero-order chi connectivity index (χ0) is 13.3. The van der Waals surface area contributed by atoms with Gasteiger partial charge in [0.1, 0.15) is 0 Å². The minimum Gasteiger partial charge on any atom is -0.481 e. The number of fused-ring (bicyclic) bond motifs is 1. The van der Waals surface area contributed by atoms with E-state index in [0.717, 1.165) is 11.1 Å². The van der Waals surface area contributed by atoms with Crippen molar-refractivity contribution >= 4 is 11.9 Å². The van der Waals surface area contributed by atoms with E-state index >= 15 is 0 Å². The first kappa shape index (κ1) is 12.6. The second-order valence-electron chi connectivity index (χ2n) is 4.62. The van der Waals surface area contributed by atoms with E-state index in [4.69, 9.17) is 10.8 Å². The second kappa shape index (κ2) is 4.78. The summed E-state index contributed by atoms with van der Waals surface area (Å²) in [7, 11) is 1.76. The Kier molecular flexibility index (Phi) is 3.34. The fourth-order valence-electron chi connectivity index (χ4n) is 2.14. The molecule has 5 heteroatoms. The number of amides is 1. The lowest BCUT2D eigenvalue weighted by Gasteiger charge is -2.11. The molecule has 18 heavy (non-hydrogen) atoms. The normalized spacial score (nSPS) is 15.7. The maximum atomic E-state index is 11.8. The van der Waals surface area contributed by atoms with Gasteiger partial charge in [0.15, 0.2) is 0 Å². The molecule has 1 aliphatic heterocycles. The van der Waals surface area contributed by atoms with E-state index in [1.54, 1.807) is 18.0 Å². The van der Waals surface area contributed by atoms with Gasteiger partial charge in [-0.1, -0.05) is 12.1 Å². The maximum Gasteiger partial charge on any atom is 0.303 e. The van der Waals surface area contributed by atoms with Gasteiger partial charge in [-0.3, -0.25) is 9.59 Å². The molecule has 1 aromatic rings. The molecule has 0 saturated carbocycles. The molecule has 0 radical (unpaired) electrons. The first-order valence-corrected chi connectivity index (χ1v) is 5.84. The van der Waals surface area contributed by atoms with Crippen LogP contribution in [-0.2, 0) is 11.3 Å². The molecule has 5 nitrogen and oxygen atoms in total. The molecule has 0 saturated heterocycles. The molecule has 0 aromatic heterocycles. The Hall–Kier alpha value is -1.88. The van der Waals surface area contributed by atoms with E-state index in [1.165, 1.54) is 0 Å². The Morgan fingerprint density at radius 2 is 2.28 bits per heavy atom. The number of carboxylic acids is 1. The average Bonchev–Trinajstić information content (AvgIpc) is 2.62. The first-order chi connectivity index (χ1) is 8.49. The molecule has 1 aliphatic rings. The zero-order valence-corrected chi connectivity index (χ0v) is 10.2. The van der Waals surface area contributed by atoms with Crippen LogP contribution in [0.15, 0.2) is 18.2 Å². The van der Waals surface area contributed by atoms with Crippen molar-refractivity contribution in [2.24, 2.45) is 5.73 Å². The largest absolute Gasteiger partial charge is 0.481 e. The van der Waals surface area contributed by atoms with E-state index < -0.39 is 5.97 Å². The van der Waals surface area contributed by atoms with E-state index in [1.807, 2.05) is 12.1 Å². The molecule has 0 fully saturated rings. The van der Waals surface area contributed by atoms with Gasteiger partial charge in [0, 0.05) is 31.6 Å². The molecule has 1 amide bonds. The van der Waals surface area contributed by atoms with Crippen molar-refractivity contribution in [2.75, 3.05) is 7.05 Å². The van der Waals surface area contributed by atoms with Crippen molar-refractivity contribution in [1.82, 2.24) is 4.90 Å². The summed E-state index contributed by atoms with van der Waals surface area (Å²) in [6.45, 7) is 0.624. The summed E-state index contributed by atoms with van der Waals surface area (Å²) < 4.78 is 0. The quantitative estimate of drug-likeness (QED) is 0.836. The molecule has 0 spiro atoms. The van der Waals surface area contributed by atoms with Gasteiger partial charge >= 0.3 is 5.97 Å². The van der Waals surface area contributed by atoms with Crippen molar-refractivity contribution in [1.29, 1.82) is 0 Å². The monoisotopic (exact) mass is 248 g/mol. The number of carbonyl (C=O) groups excluding carboxylic acids is 1. The van der Waals surface area contributed by atoms with Gasteiger partial charge in [0.05, 0.1) is 0 Å². The van der Waals surface area contributed by atoms with Crippen LogP contribution in [-0.4, -0.2) is 28.9 Å². The van der Waals surface area contributed by atoms with Crippen LogP contribution >= 0.6 is 0 Å². The van der Waals surface area contributed by atoms with Crippen LogP contribution in [0, 0.1) is 0 Å². The Labute approximate surface area is 105 Å². The summed E-state index contributed by atoms with van der Waals surface area (Å²) >= 11 is 0. The topological polar surface area (TPSA) is 83.6 Å². The van der Waals surface area contributed by atoms with Crippen LogP contribution in [0.3, 0.4) is 0 Å². The molecule has 1 unspecified atom stereocenters. The number of hydrogen-bond donors (Lipinski definition) is 2. The summed E-state index contributed by atoms with van der Waals surface area (Å²) in [4.78, 5) is 24.0. The average molecular weight is 248 g/mol. The van der Waals surface area contributed by atoms with Gasteiger partial charge in [0.2, 0.25) is 0 Å². The van der Waals surface area contributed by atoms with E-state index in [2.05, 4.69) is 0 Å². The third-order valence-electron chi connectivity index (χ3n) is 3.22. The Morgan fingerprint density at radius 1 is 1.56 bits per heavy atom. The van der Waals surface area contributed by atoms with Gasteiger partial charge in [0.25, 0.3) is 5.91 Å². The molecule has 3 N–H and O–H groups in total. The molecular formula is C13H16N2O3. The highest BCUT2D eigenvalue weighted by molar-refractivity contribution is 5.98. The highest BCUT2D eigenvalue weighted by Gasteiger charge is 2.25. The predicted molar refractivity (Wildman–Crippen MR) is 66.0 cm³/mol. The third-order valence-corrected chi connectivity index (χ3v) is 3.22. The molecule has 1 heterocycles. The highest BCUT2D eigenvalue weighted by atomic mass is 16.4. The van der Waals surface area contributed by atoms with Crippen molar-refractivity contribution in [2.45, 2.75) is 25.4 Å². The maximum absolute atomic E-state index is 11.8. The Balaban J connectivity index is 2.17. The Bertz CT molecular complexity index is 499. The summed E-state index contributed by atoms with van der Waals surface area (Å²) in [5, 5.41) is 8.62. The number of rotatable bonds is 4. The number of benzene rings is 1. The fourth-order valence-corrected chi connectivity index (χ4v) is 2.14. The number of carbonyl (C=O) groups is 2. The highest BCUT2D eigenvalue weighted by Crippen LogP contribution is 2.25. The van der Waals surface area contributed by atoms with Crippen LogP contribution in [0.25, 0.3) is 0 Å². The van der Waals surface area contributed by atoms with Gasteiger partial charge < -0.3 is 15.7 Å². The standard InChI is InChI=1S/C13H16N2O3/c1-15-7-9-3-2-8(6-10(9)13(15)18)11(14)4-5-12(16)17/h2-3,6,11H,4-5,7,14H2,1H3,(H,16,17). The summed E-state index contributed by atoms with van der Waals surface area (Å²) in [5.74, 6) is -0.861. The third kappa shape index (κ3) is 2.36. The molecular weight excluding hydrogens is 232 g/mol. The van der Waals surface area contributed by atoms with Crippen molar-refractivity contribution in [3.63, 3.8) is 0 Å². The minimum absolute atomic E-state index is 0.00251. The zero-order valence-electron chi connectivity index (χ0n) is 10.2. The van der Waals surface area contributed by atoms with Crippen molar-refractivity contribution < 1.29 is 14.7 Å². The fraction of sp³-hybridized carbons (Fsp3) is 0.385. The summed E-state index contributed by atoms with van der Waals surface area (Å²) in [6.07, 6.45) is 0.407. The number of aliphatic carboxylic acids is 1. The number of hydrogen-bond acceptors (Lipinski definition) is 3. The summed E-state index contributed by atoms with van der Waals surface area (Å²) in [5.41, 5.74) is 8.43. The van der Waals surface area contributed by atoms with Gasteiger partial charge in [-0.05, 0) is 23.6 Å². The Morgan fingerprint density at radius 3 is 2.94 bits per heavy atom. The van der Waals surface area contributed by atoms with Gasteiger partial charge in [-0.15, -0.1) is 0 Å². The smallest absolute Gasteiger partial charge is 0.303 e. The lowest BCUT2D eigenvalue weighted by Crippen LogP contribution is -2.18. The minimum atomic E-state index is -0.859. The molecule has 96 valence electrons.